The van der Waals surface area contributed by atoms with Gasteiger partial charge in [0.25, 0.3) is 0 Å². The van der Waals surface area contributed by atoms with Gasteiger partial charge in [-0.05, 0) is 31.5 Å². The predicted molar refractivity (Wildman–Crippen MR) is 92.3 cm³/mol. The van der Waals surface area contributed by atoms with Gasteiger partial charge in [0.05, 0.1) is 22.4 Å². The standard InChI is InChI=1S/C16H21N5O2S/c1-9(2)16-18-13-6-5-12(7-14(13)19-16)8-17-24(22,23)15-10(3)20-21-11(15)4/h5-7,9,17H,8H2,1-4H3,(H,18,19)(H,20,21). The predicted octanol–water partition coefficient (Wildman–Crippen LogP) is 2.50. The first-order valence-corrected chi connectivity index (χ1v) is 9.26. The Balaban J connectivity index is 1.82. The van der Waals surface area contributed by atoms with E-state index in [-0.39, 0.29) is 11.4 Å². The molecular formula is C16H21N5O2S. The Labute approximate surface area is 140 Å². The Morgan fingerprint density at radius 1 is 1.25 bits per heavy atom. The number of fused-ring (bicyclic) bond motifs is 1. The maximum Gasteiger partial charge on any atom is 0.244 e. The number of H-pyrrole nitrogens is 2. The number of aryl methyl sites for hydroxylation is 2. The van der Waals surface area contributed by atoms with E-state index in [1.807, 2.05) is 18.2 Å². The fourth-order valence-corrected chi connectivity index (χ4v) is 4.03. The number of aromatic amines is 2. The van der Waals surface area contributed by atoms with Crippen LogP contribution in [0, 0.1) is 13.8 Å². The van der Waals surface area contributed by atoms with Crippen molar-refractivity contribution in [3.63, 3.8) is 0 Å². The highest BCUT2D eigenvalue weighted by Crippen LogP contribution is 2.20. The van der Waals surface area contributed by atoms with Crippen LogP contribution in [0.25, 0.3) is 11.0 Å². The number of aromatic nitrogens is 4. The van der Waals surface area contributed by atoms with Crippen LogP contribution < -0.4 is 4.72 Å². The summed E-state index contributed by atoms with van der Waals surface area (Å²) in [6.45, 7) is 7.71. The number of nitrogens with zero attached hydrogens (tertiary/aromatic N) is 2. The van der Waals surface area contributed by atoms with Crippen molar-refractivity contribution >= 4 is 21.1 Å². The molecule has 0 bridgehead atoms. The highest BCUT2D eigenvalue weighted by Gasteiger charge is 2.21. The van der Waals surface area contributed by atoms with Gasteiger partial charge in [-0.2, -0.15) is 5.10 Å². The Bertz CT molecular complexity index is 966. The van der Waals surface area contributed by atoms with Crippen LogP contribution in [-0.2, 0) is 16.6 Å². The Morgan fingerprint density at radius 3 is 2.62 bits per heavy atom. The number of rotatable bonds is 5. The molecule has 24 heavy (non-hydrogen) atoms. The normalized spacial score (nSPS) is 12.4. The van der Waals surface area contributed by atoms with E-state index < -0.39 is 10.0 Å². The van der Waals surface area contributed by atoms with Crippen molar-refractivity contribution in [1.82, 2.24) is 24.9 Å². The van der Waals surface area contributed by atoms with Gasteiger partial charge in [-0.1, -0.05) is 19.9 Å². The van der Waals surface area contributed by atoms with Crippen LogP contribution in [0.4, 0.5) is 0 Å². The van der Waals surface area contributed by atoms with Gasteiger partial charge in [-0.3, -0.25) is 5.10 Å². The summed E-state index contributed by atoms with van der Waals surface area (Å²) in [6.07, 6.45) is 0. The molecule has 3 aromatic rings. The molecule has 128 valence electrons. The van der Waals surface area contributed by atoms with Crippen molar-refractivity contribution < 1.29 is 8.42 Å². The van der Waals surface area contributed by atoms with Crippen molar-refractivity contribution in [2.45, 2.75) is 45.1 Å². The molecule has 0 saturated heterocycles. The molecule has 0 radical (unpaired) electrons. The summed E-state index contributed by atoms with van der Waals surface area (Å²) in [5.41, 5.74) is 3.65. The maximum atomic E-state index is 12.5. The van der Waals surface area contributed by atoms with E-state index in [9.17, 15) is 8.42 Å². The molecule has 0 saturated carbocycles. The number of sulfonamides is 1. The fourth-order valence-electron chi connectivity index (χ4n) is 2.65. The Morgan fingerprint density at radius 2 is 2.00 bits per heavy atom. The third-order valence-corrected chi connectivity index (χ3v) is 5.57. The Hall–Kier alpha value is -2.19. The molecule has 2 aromatic heterocycles. The third kappa shape index (κ3) is 3.07. The summed E-state index contributed by atoms with van der Waals surface area (Å²) in [5.74, 6) is 1.23. The SMILES string of the molecule is Cc1n[nH]c(C)c1S(=O)(=O)NCc1ccc2nc(C(C)C)[nH]c2c1. The monoisotopic (exact) mass is 347 g/mol. The van der Waals surface area contributed by atoms with E-state index in [1.165, 1.54) is 0 Å². The van der Waals surface area contributed by atoms with Crippen LogP contribution in [0.1, 0.15) is 42.5 Å². The van der Waals surface area contributed by atoms with Crippen LogP contribution in [0.15, 0.2) is 23.1 Å². The van der Waals surface area contributed by atoms with Crippen LogP contribution in [-0.4, -0.2) is 28.6 Å². The highest BCUT2D eigenvalue weighted by atomic mass is 32.2. The average Bonchev–Trinajstić information content (AvgIpc) is 3.08. The second-order valence-electron chi connectivity index (χ2n) is 6.22. The molecule has 0 spiro atoms. The minimum atomic E-state index is -3.61. The van der Waals surface area contributed by atoms with Crippen LogP contribution in [0.2, 0.25) is 0 Å². The van der Waals surface area contributed by atoms with Crippen LogP contribution in [0.5, 0.6) is 0 Å². The van der Waals surface area contributed by atoms with Crippen molar-refractivity contribution in [3.8, 4) is 0 Å². The second kappa shape index (κ2) is 6.03. The van der Waals surface area contributed by atoms with Crippen molar-refractivity contribution in [3.05, 3.63) is 41.0 Å². The van der Waals surface area contributed by atoms with Crippen molar-refractivity contribution in [2.75, 3.05) is 0 Å². The molecule has 3 rings (SSSR count). The molecule has 7 nitrogen and oxygen atoms in total. The van der Waals surface area contributed by atoms with E-state index in [4.69, 9.17) is 0 Å². The fraction of sp³-hybridized carbons (Fsp3) is 0.375. The van der Waals surface area contributed by atoms with Gasteiger partial charge >= 0.3 is 0 Å². The van der Waals surface area contributed by atoms with E-state index in [0.717, 1.165) is 22.4 Å². The first-order valence-electron chi connectivity index (χ1n) is 7.77. The lowest BCUT2D eigenvalue weighted by atomic mass is 10.2. The van der Waals surface area contributed by atoms with Crippen molar-refractivity contribution in [2.24, 2.45) is 0 Å². The zero-order valence-electron chi connectivity index (χ0n) is 14.1. The van der Waals surface area contributed by atoms with Gasteiger partial charge in [0, 0.05) is 12.5 Å². The minimum absolute atomic E-state index is 0.207. The molecule has 0 aliphatic carbocycles. The number of nitrogens with one attached hydrogen (secondary N) is 3. The van der Waals surface area contributed by atoms with Gasteiger partial charge in [0.1, 0.15) is 10.7 Å². The molecule has 8 heteroatoms. The average molecular weight is 347 g/mol. The second-order valence-corrected chi connectivity index (χ2v) is 7.92. The van der Waals surface area contributed by atoms with Crippen molar-refractivity contribution in [1.29, 1.82) is 0 Å². The zero-order chi connectivity index (χ0) is 17.5. The van der Waals surface area contributed by atoms with Gasteiger partial charge in [-0.25, -0.2) is 18.1 Å². The zero-order valence-corrected chi connectivity index (χ0v) is 15.0. The first-order chi connectivity index (χ1) is 11.3. The lowest BCUT2D eigenvalue weighted by Gasteiger charge is -2.07. The van der Waals surface area contributed by atoms with Gasteiger partial charge < -0.3 is 4.98 Å². The summed E-state index contributed by atoms with van der Waals surface area (Å²) in [5, 5.41) is 6.64. The molecule has 3 N–H and O–H groups in total. The number of hydrogen-bond donors (Lipinski definition) is 3. The molecule has 1 aromatic carbocycles. The van der Waals surface area contributed by atoms with E-state index in [1.54, 1.807) is 13.8 Å². The Kier molecular flexibility index (Phi) is 4.18. The quantitative estimate of drug-likeness (QED) is 0.659. The van der Waals surface area contributed by atoms with Gasteiger partial charge in [-0.15, -0.1) is 0 Å². The number of hydrogen-bond acceptors (Lipinski definition) is 4. The largest absolute Gasteiger partial charge is 0.342 e. The summed E-state index contributed by atoms with van der Waals surface area (Å²) in [7, 11) is -3.61. The summed E-state index contributed by atoms with van der Waals surface area (Å²) < 4.78 is 27.6. The molecule has 0 fully saturated rings. The minimum Gasteiger partial charge on any atom is -0.342 e. The van der Waals surface area contributed by atoms with Crippen LogP contribution in [0.3, 0.4) is 0 Å². The van der Waals surface area contributed by atoms with E-state index in [2.05, 4.69) is 38.7 Å². The smallest absolute Gasteiger partial charge is 0.244 e. The topological polar surface area (TPSA) is 104 Å². The first kappa shape index (κ1) is 16.7. The van der Waals surface area contributed by atoms with E-state index >= 15 is 0 Å². The van der Waals surface area contributed by atoms with Gasteiger partial charge in [0.15, 0.2) is 0 Å². The molecule has 2 heterocycles. The molecule has 0 aliphatic heterocycles. The van der Waals surface area contributed by atoms with Gasteiger partial charge in [0.2, 0.25) is 10.0 Å². The van der Waals surface area contributed by atoms with E-state index in [0.29, 0.717) is 17.3 Å². The maximum absolute atomic E-state index is 12.5. The molecule has 0 aliphatic rings. The highest BCUT2D eigenvalue weighted by molar-refractivity contribution is 7.89. The number of imidazole rings is 1. The molecule has 0 amide bonds. The third-order valence-electron chi connectivity index (χ3n) is 3.91. The lowest BCUT2D eigenvalue weighted by Crippen LogP contribution is -2.24. The number of benzene rings is 1. The summed E-state index contributed by atoms with van der Waals surface area (Å²) in [6, 6.07) is 5.70. The molecule has 0 atom stereocenters. The lowest BCUT2D eigenvalue weighted by molar-refractivity contribution is 0.580. The summed E-state index contributed by atoms with van der Waals surface area (Å²) in [4.78, 5) is 8.01. The van der Waals surface area contributed by atoms with Crippen LogP contribution >= 0.6 is 0 Å². The summed E-state index contributed by atoms with van der Waals surface area (Å²) >= 11 is 0. The molecule has 0 unspecified atom stereocenters. The molecular weight excluding hydrogens is 326 g/mol.